The largest absolute Gasteiger partial charge is 0.506 e. The highest BCUT2D eigenvalue weighted by Gasteiger charge is 2.25. The Labute approximate surface area is 114 Å². The van der Waals surface area contributed by atoms with E-state index in [-0.39, 0.29) is 17.6 Å². The molecular formula is C15H22N2O2. The number of carbonyl (C=O) groups is 1. The van der Waals surface area contributed by atoms with Crippen LogP contribution in [0.2, 0.25) is 0 Å². The fraction of sp³-hybridized carbons (Fsp3) is 0.533. The van der Waals surface area contributed by atoms with Gasteiger partial charge in [0.25, 0.3) is 0 Å². The number of aryl methyl sites for hydroxylation is 1. The first-order chi connectivity index (χ1) is 9.10. The van der Waals surface area contributed by atoms with Gasteiger partial charge in [-0.2, -0.15) is 0 Å². The molecule has 1 saturated heterocycles. The first kappa shape index (κ1) is 13.9. The molecule has 0 saturated carbocycles. The molecule has 1 aromatic carbocycles. The average Bonchev–Trinajstić information content (AvgIpc) is 2.41. The number of nitrogens with one attached hydrogen (secondary N) is 2. The number of phenolic OH excluding ortho intramolecular Hbond substituents is 1. The minimum atomic E-state index is 0.0110. The number of hydrogen-bond donors (Lipinski definition) is 3. The van der Waals surface area contributed by atoms with Crippen molar-refractivity contribution in [2.24, 2.45) is 5.92 Å². The highest BCUT2D eigenvalue weighted by atomic mass is 16.3. The third-order valence-electron chi connectivity index (χ3n) is 3.72. The van der Waals surface area contributed by atoms with Gasteiger partial charge in [0.1, 0.15) is 5.75 Å². The molecule has 2 atom stereocenters. The summed E-state index contributed by atoms with van der Waals surface area (Å²) in [6.07, 6.45) is 2.58. The SMILES string of the molecule is CCc1ccc(O)c(NC(=O)[C@H]2CCN[C@@H](C)C2)c1. The number of anilines is 1. The molecule has 1 aromatic rings. The molecule has 0 aromatic heterocycles. The van der Waals surface area contributed by atoms with Gasteiger partial charge in [0.2, 0.25) is 5.91 Å². The summed E-state index contributed by atoms with van der Waals surface area (Å²) < 4.78 is 0. The number of phenols is 1. The standard InChI is InChI=1S/C15H22N2O2/c1-3-11-4-5-14(18)13(9-11)17-15(19)12-6-7-16-10(2)8-12/h4-5,9-10,12,16,18H,3,6-8H2,1-2H3,(H,17,19)/t10-,12-/m0/s1. The van der Waals surface area contributed by atoms with Crippen molar-refractivity contribution in [1.29, 1.82) is 0 Å². The number of benzene rings is 1. The van der Waals surface area contributed by atoms with Gasteiger partial charge in [0, 0.05) is 12.0 Å². The molecule has 3 N–H and O–H groups in total. The molecule has 1 aliphatic rings. The van der Waals surface area contributed by atoms with Crippen molar-refractivity contribution in [1.82, 2.24) is 5.32 Å². The van der Waals surface area contributed by atoms with Crippen LogP contribution >= 0.6 is 0 Å². The second kappa shape index (κ2) is 6.06. The van der Waals surface area contributed by atoms with E-state index in [1.54, 1.807) is 6.07 Å². The Kier molecular flexibility index (Phi) is 4.43. The Bertz CT molecular complexity index is 459. The molecule has 4 nitrogen and oxygen atoms in total. The summed E-state index contributed by atoms with van der Waals surface area (Å²) in [7, 11) is 0. The Hall–Kier alpha value is -1.55. The van der Waals surface area contributed by atoms with Gasteiger partial charge in [-0.3, -0.25) is 4.79 Å². The van der Waals surface area contributed by atoms with Crippen molar-refractivity contribution in [3.05, 3.63) is 23.8 Å². The average molecular weight is 262 g/mol. The lowest BCUT2D eigenvalue weighted by Gasteiger charge is -2.27. The minimum absolute atomic E-state index is 0.0110. The van der Waals surface area contributed by atoms with E-state index in [1.807, 2.05) is 19.1 Å². The molecule has 1 amide bonds. The van der Waals surface area contributed by atoms with Gasteiger partial charge >= 0.3 is 0 Å². The highest BCUT2D eigenvalue weighted by molar-refractivity contribution is 5.94. The van der Waals surface area contributed by atoms with Crippen molar-refractivity contribution in [2.45, 2.75) is 39.2 Å². The third kappa shape index (κ3) is 3.47. The van der Waals surface area contributed by atoms with Crippen molar-refractivity contribution < 1.29 is 9.90 Å². The molecule has 1 heterocycles. The first-order valence-corrected chi connectivity index (χ1v) is 6.96. The zero-order valence-corrected chi connectivity index (χ0v) is 11.6. The van der Waals surface area contributed by atoms with Gasteiger partial charge in [-0.25, -0.2) is 0 Å². The van der Waals surface area contributed by atoms with Crippen LogP contribution in [0.3, 0.4) is 0 Å². The maximum Gasteiger partial charge on any atom is 0.227 e. The van der Waals surface area contributed by atoms with Crippen LogP contribution in [0.5, 0.6) is 5.75 Å². The van der Waals surface area contributed by atoms with Gasteiger partial charge in [0.05, 0.1) is 5.69 Å². The Morgan fingerprint density at radius 1 is 1.53 bits per heavy atom. The molecule has 1 aliphatic heterocycles. The summed E-state index contributed by atoms with van der Waals surface area (Å²) in [5.41, 5.74) is 1.63. The molecule has 104 valence electrons. The number of aromatic hydroxyl groups is 1. The maximum atomic E-state index is 12.2. The van der Waals surface area contributed by atoms with Gasteiger partial charge in [-0.05, 0) is 50.4 Å². The minimum Gasteiger partial charge on any atom is -0.506 e. The zero-order chi connectivity index (χ0) is 13.8. The van der Waals surface area contributed by atoms with Crippen molar-refractivity contribution in [3.8, 4) is 5.75 Å². The number of carbonyl (C=O) groups excluding carboxylic acids is 1. The number of piperidine rings is 1. The topological polar surface area (TPSA) is 61.4 Å². The van der Waals surface area contributed by atoms with Gasteiger partial charge in [-0.1, -0.05) is 13.0 Å². The lowest BCUT2D eigenvalue weighted by atomic mass is 9.92. The van der Waals surface area contributed by atoms with Crippen molar-refractivity contribution >= 4 is 11.6 Å². The van der Waals surface area contributed by atoms with E-state index < -0.39 is 0 Å². The Morgan fingerprint density at radius 2 is 2.32 bits per heavy atom. The monoisotopic (exact) mass is 262 g/mol. The van der Waals surface area contributed by atoms with Crippen LogP contribution in [0.25, 0.3) is 0 Å². The molecule has 0 unspecified atom stereocenters. The van der Waals surface area contributed by atoms with E-state index >= 15 is 0 Å². The lowest BCUT2D eigenvalue weighted by Crippen LogP contribution is -2.40. The zero-order valence-electron chi connectivity index (χ0n) is 11.6. The Balaban J connectivity index is 2.05. The van der Waals surface area contributed by atoms with Crippen LogP contribution in [-0.4, -0.2) is 23.6 Å². The molecular weight excluding hydrogens is 240 g/mol. The maximum absolute atomic E-state index is 12.2. The van der Waals surface area contributed by atoms with Crippen LogP contribution in [0.1, 0.15) is 32.3 Å². The molecule has 0 spiro atoms. The summed E-state index contributed by atoms with van der Waals surface area (Å²) in [4.78, 5) is 12.2. The van der Waals surface area contributed by atoms with E-state index in [9.17, 15) is 9.90 Å². The predicted octanol–water partition coefficient (Wildman–Crippen LogP) is 2.28. The summed E-state index contributed by atoms with van der Waals surface area (Å²) >= 11 is 0. The van der Waals surface area contributed by atoms with Crippen LogP contribution in [0.15, 0.2) is 18.2 Å². The van der Waals surface area contributed by atoms with Crippen molar-refractivity contribution in [2.75, 3.05) is 11.9 Å². The summed E-state index contributed by atoms with van der Waals surface area (Å²) in [6.45, 7) is 5.02. The quantitative estimate of drug-likeness (QED) is 0.732. The van der Waals surface area contributed by atoms with Gasteiger partial charge in [-0.15, -0.1) is 0 Å². The predicted molar refractivity (Wildman–Crippen MR) is 76.3 cm³/mol. The second-order valence-corrected chi connectivity index (χ2v) is 5.27. The van der Waals surface area contributed by atoms with E-state index in [0.29, 0.717) is 11.7 Å². The highest BCUT2D eigenvalue weighted by Crippen LogP contribution is 2.26. The van der Waals surface area contributed by atoms with E-state index in [0.717, 1.165) is 31.4 Å². The normalized spacial score (nSPS) is 23.1. The van der Waals surface area contributed by atoms with Gasteiger partial charge < -0.3 is 15.7 Å². The summed E-state index contributed by atoms with van der Waals surface area (Å²) in [5, 5.41) is 16.0. The third-order valence-corrected chi connectivity index (χ3v) is 3.72. The smallest absolute Gasteiger partial charge is 0.227 e. The van der Waals surface area contributed by atoms with Gasteiger partial charge in [0.15, 0.2) is 0 Å². The molecule has 4 heteroatoms. The lowest BCUT2D eigenvalue weighted by molar-refractivity contribution is -0.120. The molecule has 1 fully saturated rings. The fourth-order valence-electron chi connectivity index (χ4n) is 2.51. The molecule has 0 radical (unpaired) electrons. The number of rotatable bonds is 3. The van der Waals surface area contributed by atoms with Crippen LogP contribution in [0.4, 0.5) is 5.69 Å². The molecule has 0 aliphatic carbocycles. The van der Waals surface area contributed by atoms with Crippen LogP contribution < -0.4 is 10.6 Å². The summed E-state index contributed by atoms with van der Waals surface area (Å²) in [5.74, 6) is 0.172. The van der Waals surface area contributed by atoms with Crippen LogP contribution in [-0.2, 0) is 11.2 Å². The number of hydrogen-bond acceptors (Lipinski definition) is 3. The second-order valence-electron chi connectivity index (χ2n) is 5.27. The van der Waals surface area contributed by atoms with Crippen LogP contribution in [0, 0.1) is 5.92 Å². The molecule has 0 bridgehead atoms. The number of amides is 1. The first-order valence-electron chi connectivity index (χ1n) is 6.96. The molecule has 19 heavy (non-hydrogen) atoms. The van der Waals surface area contributed by atoms with E-state index in [4.69, 9.17) is 0 Å². The Morgan fingerprint density at radius 3 is 3.00 bits per heavy atom. The van der Waals surface area contributed by atoms with Crippen molar-refractivity contribution in [3.63, 3.8) is 0 Å². The van der Waals surface area contributed by atoms with E-state index in [1.165, 1.54) is 0 Å². The fourth-order valence-corrected chi connectivity index (χ4v) is 2.51. The summed E-state index contributed by atoms with van der Waals surface area (Å²) in [6, 6.07) is 5.73. The molecule has 2 rings (SSSR count). The van der Waals surface area contributed by atoms with E-state index in [2.05, 4.69) is 17.6 Å².